The van der Waals surface area contributed by atoms with Crippen molar-refractivity contribution < 1.29 is 39.1 Å². The van der Waals surface area contributed by atoms with Crippen molar-refractivity contribution in [3.05, 3.63) is 83.9 Å². The number of sulfone groups is 1. The number of ether oxygens (including phenoxy) is 1. The van der Waals surface area contributed by atoms with Crippen LogP contribution >= 0.6 is 0 Å². The van der Waals surface area contributed by atoms with Crippen LogP contribution in [0.25, 0.3) is 11.3 Å². The Morgan fingerprint density at radius 3 is 2.44 bits per heavy atom. The van der Waals surface area contributed by atoms with E-state index in [4.69, 9.17) is 4.74 Å². The van der Waals surface area contributed by atoms with Gasteiger partial charge in [0.25, 0.3) is 0 Å². The molecule has 3 N–H and O–H groups in total. The number of nitrogens with zero attached hydrogens (tertiary/aromatic N) is 3. The van der Waals surface area contributed by atoms with Crippen LogP contribution in [0.3, 0.4) is 0 Å². The molecule has 238 valence electrons. The van der Waals surface area contributed by atoms with Crippen molar-refractivity contribution in [2.75, 3.05) is 29.4 Å². The number of hydrogen-bond donors (Lipinski definition) is 3. The van der Waals surface area contributed by atoms with E-state index >= 15 is 13.2 Å². The molecule has 1 aliphatic heterocycles. The van der Waals surface area contributed by atoms with Gasteiger partial charge in [-0.05, 0) is 35.9 Å². The number of benzene rings is 2. The number of sulfonamides is 1. The largest absolute Gasteiger partial charge is 0.435 e. The zero-order chi connectivity index (χ0) is 32.4. The quantitative estimate of drug-likeness (QED) is 0.166. The van der Waals surface area contributed by atoms with Crippen molar-refractivity contribution >= 4 is 31.5 Å². The number of anilines is 2. The predicted octanol–water partition coefficient (Wildman–Crippen LogP) is 4.21. The van der Waals surface area contributed by atoms with Gasteiger partial charge in [0.05, 0.1) is 21.9 Å². The third kappa shape index (κ3) is 7.84. The Balaban J connectivity index is 1.35. The van der Waals surface area contributed by atoms with Gasteiger partial charge in [-0.2, -0.15) is 4.39 Å². The van der Waals surface area contributed by atoms with Gasteiger partial charge in [-0.3, -0.25) is 4.72 Å². The third-order valence-electron chi connectivity index (χ3n) is 6.63. The van der Waals surface area contributed by atoms with Gasteiger partial charge in [0.15, 0.2) is 27.2 Å². The zero-order valence-electron chi connectivity index (χ0n) is 23.5. The van der Waals surface area contributed by atoms with Crippen molar-refractivity contribution in [2.24, 2.45) is 0 Å². The normalized spacial score (nSPS) is 17.1. The fourth-order valence-corrected chi connectivity index (χ4v) is 6.35. The molecule has 0 spiro atoms. The molecule has 11 nitrogen and oxygen atoms in total. The molecule has 0 saturated carbocycles. The summed E-state index contributed by atoms with van der Waals surface area (Å²) in [7, 11) is -8.00. The highest BCUT2D eigenvalue weighted by atomic mass is 32.2. The second kappa shape index (κ2) is 12.9. The Hall–Kier alpha value is -4.35. The van der Waals surface area contributed by atoms with Gasteiger partial charge in [-0.15, -0.1) is 0 Å². The van der Waals surface area contributed by atoms with Crippen LogP contribution in [-0.4, -0.2) is 63.3 Å². The molecule has 4 aromatic rings. The highest BCUT2D eigenvalue weighted by molar-refractivity contribution is 7.92. The molecule has 1 fully saturated rings. The molecule has 3 heterocycles. The van der Waals surface area contributed by atoms with E-state index in [0.29, 0.717) is 12.6 Å². The summed E-state index contributed by atoms with van der Waals surface area (Å²) in [5, 5.41) is 6.00. The minimum absolute atomic E-state index is 0.0486. The smallest absolute Gasteiger partial charge is 0.237 e. The molecule has 2 aromatic carbocycles. The van der Waals surface area contributed by atoms with Crippen molar-refractivity contribution in [2.45, 2.75) is 29.3 Å². The molecular formula is C28H26F4N6O5S2. The van der Waals surface area contributed by atoms with Gasteiger partial charge in [-0.1, -0.05) is 12.1 Å². The first-order chi connectivity index (χ1) is 21.3. The number of rotatable bonds is 10. The summed E-state index contributed by atoms with van der Waals surface area (Å²) in [6, 6.07) is 9.57. The van der Waals surface area contributed by atoms with Crippen molar-refractivity contribution in [3.63, 3.8) is 0 Å². The molecule has 0 radical (unpaired) electrons. The summed E-state index contributed by atoms with van der Waals surface area (Å²) in [6.07, 6.45) is 2.92. The lowest BCUT2D eigenvalue weighted by Gasteiger charge is -2.26. The zero-order valence-corrected chi connectivity index (χ0v) is 25.1. The molecule has 0 unspecified atom stereocenters. The summed E-state index contributed by atoms with van der Waals surface area (Å²) in [5.74, 6) is -6.83. The molecular weight excluding hydrogens is 640 g/mol. The van der Waals surface area contributed by atoms with Gasteiger partial charge in [0.1, 0.15) is 11.9 Å². The first-order valence-electron chi connectivity index (χ1n) is 13.3. The lowest BCUT2D eigenvalue weighted by molar-refractivity contribution is 0.254. The Morgan fingerprint density at radius 2 is 1.73 bits per heavy atom. The molecule has 1 aliphatic rings. The van der Waals surface area contributed by atoms with Gasteiger partial charge in [-0.25, -0.2) is 45.0 Å². The van der Waals surface area contributed by atoms with Crippen LogP contribution in [0, 0.1) is 17.5 Å². The monoisotopic (exact) mass is 666 g/mol. The molecule has 45 heavy (non-hydrogen) atoms. The Kier molecular flexibility index (Phi) is 9.22. The fourth-order valence-electron chi connectivity index (χ4n) is 4.52. The number of hydrogen-bond acceptors (Lipinski definition) is 10. The topological polar surface area (TPSA) is 152 Å². The molecule has 2 aromatic heterocycles. The Bertz CT molecular complexity index is 1930. The number of aromatic nitrogens is 3. The second-order valence-corrected chi connectivity index (χ2v) is 13.9. The van der Waals surface area contributed by atoms with Crippen LogP contribution in [-0.2, 0) is 25.6 Å². The summed E-state index contributed by atoms with van der Waals surface area (Å²) >= 11 is 0. The first-order valence-corrected chi connectivity index (χ1v) is 16.9. The van der Waals surface area contributed by atoms with E-state index in [2.05, 4.69) is 25.6 Å². The Labute approximate surface area is 256 Å². The molecule has 0 amide bonds. The maximum atomic E-state index is 15.1. The minimum Gasteiger partial charge on any atom is -0.435 e. The van der Waals surface area contributed by atoms with Gasteiger partial charge in [0.2, 0.25) is 27.7 Å². The van der Waals surface area contributed by atoms with E-state index in [-0.39, 0.29) is 52.6 Å². The highest BCUT2D eigenvalue weighted by Crippen LogP contribution is 2.36. The average Bonchev–Trinajstić information content (AvgIpc) is 2.98. The standard InChI is InChI=1S/C28H26F4N6O5S2/c1-44(39,40)19-6-4-16(5-7-19)15-45(41,42)38-26-21(30)12-23(24(31)25(26)32)43-27-20(3-2-9-34-27)22-8-10-35-28(37-22)36-18-11-17(29)13-33-14-18/h2-10,12,17-18,33,38H,11,13-15H2,1H3,(H,35,36,37)/t17-,18-/m0/s1. The predicted molar refractivity (Wildman–Crippen MR) is 157 cm³/mol. The summed E-state index contributed by atoms with van der Waals surface area (Å²) in [4.78, 5) is 12.5. The van der Waals surface area contributed by atoms with Crippen LogP contribution in [0.2, 0.25) is 0 Å². The summed E-state index contributed by atoms with van der Waals surface area (Å²) in [5.41, 5.74) is -0.691. The van der Waals surface area contributed by atoms with Crippen molar-refractivity contribution in [1.29, 1.82) is 0 Å². The number of halogens is 4. The number of pyridine rings is 1. The minimum atomic E-state index is -4.47. The van der Waals surface area contributed by atoms with Crippen LogP contribution in [0.1, 0.15) is 12.0 Å². The van der Waals surface area contributed by atoms with E-state index in [1.54, 1.807) is 4.72 Å². The van der Waals surface area contributed by atoms with Crippen molar-refractivity contribution in [1.82, 2.24) is 20.3 Å². The first kappa shape index (κ1) is 32.1. The number of alkyl halides is 1. The van der Waals surface area contributed by atoms with Crippen LogP contribution in [0.15, 0.2) is 65.8 Å². The molecule has 0 bridgehead atoms. The molecule has 0 aliphatic carbocycles. The number of piperidine rings is 1. The molecule has 17 heteroatoms. The van der Waals surface area contributed by atoms with E-state index in [1.807, 2.05) is 0 Å². The van der Waals surface area contributed by atoms with Gasteiger partial charge < -0.3 is 15.4 Å². The molecule has 2 atom stereocenters. The average molecular weight is 667 g/mol. The van der Waals surface area contributed by atoms with E-state index in [0.717, 1.165) is 6.26 Å². The fraction of sp³-hybridized carbons (Fsp3) is 0.250. The maximum absolute atomic E-state index is 15.1. The number of nitrogens with one attached hydrogen (secondary N) is 3. The second-order valence-electron chi connectivity index (χ2n) is 10.2. The highest BCUT2D eigenvalue weighted by Gasteiger charge is 2.26. The summed E-state index contributed by atoms with van der Waals surface area (Å²) < 4.78 is 115. The van der Waals surface area contributed by atoms with E-state index < -0.39 is 60.7 Å². The summed E-state index contributed by atoms with van der Waals surface area (Å²) in [6.45, 7) is 0.750. The lowest BCUT2D eigenvalue weighted by Crippen LogP contribution is -2.44. The van der Waals surface area contributed by atoms with E-state index in [9.17, 15) is 21.2 Å². The van der Waals surface area contributed by atoms with Gasteiger partial charge in [0, 0.05) is 50.3 Å². The SMILES string of the molecule is CS(=O)(=O)c1ccc(CS(=O)(=O)Nc2c(F)cc(Oc3ncccc3-c3ccnc(N[C@@H]4CNC[C@@H](F)C4)n3)c(F)c2F)cc1. The molecule has 5 rings (SSSR count). The van der Waals surface area contributed by atoms with Crippen LogP contribution in [0.5, 0.6) is 11.6 Å². The molecule has 1 saturated heterocycles. The van der Waals surface area contributed by atoms with Crippen LogP contribution in [0.4, 0.5) is 29.2 Å². The van der Waals surface area contributed by atoms with Crippen LogP contribution < -0.4 is 20.1 Å². The van der Waals surface area contributed by atoms with Gasteiger partial charge >= 0.3 is 0 Å². The third-order valence-corrected chi connectivity index (χ3v) is 8.99. The lowest BCUT2D eigenvalue weighted by atomic mass is 10.1. The maximum Gasteiger partial charge on any atom is 0.237 e. The Morgan fingerprint density at radius 1 is 0.978 bits per heavy atom. The van der Waals surface area contributed by atoms with E-state index in [1.165, 1.54) is 54.9 Å². The van der Waals surface area contributed by atoms with Crippen molar-refractivity contribution in [3.8, 4) is 22.9 Å².